The molecule has 0 spiro atoms. The molecule has 2 N–H and O–H groups in total. The molecule has 2 unspecified atom stereocenters. The highest BCUT2D eigenvalue weighted by atomic mass is 16.1. The fourth-order valence-electron chi connectivity index (χ4n) is 3.33. The molecule has 0 radical (unpaired) electrons. The largest absolute Gasteiger partial charge is 0.351 e. The highest BCUT2D eigenvalue weighted by molar-refractivity contribution is 5.79. The Labute approximate surface area is 123 Å². The van der Waals surface area contributed by atoms with Gasteiger partial charge >= 0.3 is 0 Å². The fourth-order valence-corrected chi connectivity index (χ4v) is 3.33. The lowest BCUT2D eigenvalue weighted by Crippen LogP contribution is -2.52. The average molecular weight is 284 g/mol. The van der Waals surface area contributed by atoms with E-state index in [1.165, 1.54) is 12.8 Å². The second-order valence-electron chi connectivity index (χ2n) is 6.20. The molecule has 1 aliphatic carbocycles. The third-order valence-electron chi connectivity index (χ3n) is 4.68. The summed E-state index contributed by atoms with van der Waals surface area (Å²) in [7, 11) is 2.03. The SMILES string of the molecule is Cn1c(NC2CCC(=O)NC2C2CC2)nc2ccccc21. The maximum atomic E-state index is 11.7. The molecule has 2 fully saturated rings. The van der Waals surface area contributed by atoms with Gasteiger partial charge in [-0.25, -0.2) is 4.98 Å². The van der Waals surface area contributed by atoms with E-state index in [2.05, 4.69) is 26.3 Å². The number of aromatic nitrogens is 2. The zero-order valence-corrected chi connectivity index (χ0v) is 12.2. The second kappa shape index (κ2) is 4.76. The molecule has 2 aliphatic rings. The van der Waals surface area contributed by atoms with Crippen LogP contribution in [0.1, 0.15) is 25.7 Å². The quantitative estimate of drug-likeness (QED) is 0.907. The number of amides is 1. The lowest BCUT2D eigenvalue weighted by Gasteiger charge is -2.33. The highest BCUT2D eigenvalue weighted by Gasteiger charge is 2.40. The first-order valence-corrected chi connectivity index (χ1v) is 7.70. The molecule has 2 atom stereocenters. The van der Waals surface area contributed by atoms with Crippen molar-refractivity contribution in [3.8, 4) is 0 Å². The van der Waals surface area contributed by atoms with Crippen molar-refractivity contribution in [2.45, 2.75) is 37.8 Å². The van der Waals surface area contributed by atoms with Gasteiger partial charge in [-0.15, -0.1) is 0 Å². The van der Waals surface area contributed by atoms with Gasteiger partial charge in [0.2, 0.25) is 11.9 Å². The number of nitrogens with one attached hydrogen (secondary N) is 2. The minimum absolute atomic E-state index is 0.190. The van der Waals surface area contributed by atoms with Crippen LogP contribution in [0.3, 0.4) is 0 Å². The Bertz CT molecular complexity index is 689. The van der Waals surface area contributed by atoms with Crippen molar-refractivity contribution < 1.29 is 4.79 Å². The third kappa shape index (κ3) is 2.26. The lowest BCUT2D eigenvalue weighted by atomic mass is 9.94. The van der Waals surface area contributed by atoms with E-state index in [0.717, 1.165) is 23.4 Å². The predicted octanol–water partition coefficient (Wildman–Crippen LogP) is 2.04. The van der Waals surface area contributed by atoms with Gasteiger partial charge < -0.3 is 15.2 Å². The van der Waals surface area contributed by atoms with Gasteiger partial charge in [0, 0.05) is 19.5 Å². The Morgan fingerprint density at radius 2 is 2.10 bits per heavy atom. The second-order valence-corrected chi connectivity index (χ2v) is 6.20. The zero-order valence-electron chi connectivity index (χ0n) is 12.2. The number of para-hydroxylation sites is 2. The number of fused-ring (bicyclic) bond motifs is 1. The van der Waals surface area contributed by atoms with E-state index in [0.29, 0.717) is 12.3 Å². The number of hydrogen-bond acceptors (Lipinski definition) is 3. The van der Waals surface area contributed by atoms with E-state index in [9.17, 15) is 4.79 Å². The van der Waals surface area contributed by atoms with E-state index in [1.54, 1.807) is 0 Å². The Morgan fingerprint density at radius 3 is 2.86 bits per heavy atom. The van der Waals surface area contributed by atoms with Crippen LogP contribution >= 0.6 is 0 Å². The number of hydrogen-bond donors (Lipinski definition) is 2. The Hall–Kier alpha value is -2.04. The molecular formula is C16H20N4O. The van der Waals surface area contributed by atoms with Gasteiger partial charge in [0.25, 0.3) is 0 Å². The molecule has 2 aromatic rings. The van der Waals surface area contributed by atoms with Crippen LogP contribution in [0.25, 0.3) is 11.0 Å². The topological polar surface area (TPSA) is 59.0 Å². The van der Waals surface area contributed by atoms with E-state index in [4.69, 9.17) is 0 Å². The van der Waals surface area contributed by atoms with Crippen molar-refractivity contribution in [1.29, 1.82) is 0 Å². The third-order valence-corrected chi connectivity index (χ3v) is 4.68. The molecule has 5 nitrogen and oxygen atoms in total. The number of piperidine rings is 1. The van der Waals surface area contributed by atoms with Crippen LogP contribution in [0.5, 0.6) is 0 Å². The van der Waals surface area contributed by atoms with Crippen molar-refractivity contribution in [2.75, 3.05) is 5.32 Å². The molecule has 1 saturated heterocycles. The van der Waals surface area contributed by atoms with E-state index in [-0.39, 0.29) is 18.0 Å². The monoisotopic (exact) mass is 284 g/mol. The Balaban J connectivity index is 1.61. The number of nitrogens with zero attached hydrogens (tertiary/aromatic N) is 2. The van der Waals surface area contributed by atoms with Crippen LogP contribution in [0, 0.1) is 5.92 Å². The summed E-state index contributed by atoms with van der Waals surface area (Å²) in [5.74, 6) is 1.72. The molecular weight excluding hydrogens is 264 g/mol. The van der Waals surface area contributed by atoms with Crippen LogP contribution in [-0.2, 0) is 11.8 Å². The van der Waals surface area contributed by atoms with Gasteiger partial charge in [-0.1, -0.05) is 12.1 Å². The Kier molecular flexibility index (Phi) is 2.87. The molecule has 21 heavy (non-hydrogen) atoms. The van der Waals surface area contributed by atoms with E-state index >= 15 is 0 Å². The summed E-state index contributed by atoms with van der Waals surface area (Å²) in [6.45, 7) is 0. The predicted molar refractivity (Wildman–Crippen MR) is 82.0 cm³/mol. The summed E-state index contributed by atoms with van der Waals surface area (Å²) in [5.41, 5.74) is 2.13. The molecule has 4 rings (SSSR count). The molecule has 2 heterocycles. The standard InChI is InChI=1S/C16H20N4O/c1-20-13-5-3-2-4-11(13)17-16(20)18-12-8-9-14(21)19-15(12)10-6-7-10/h2-5,10,12,15H,6-9H2,1H3,(H,17,18)(H,19,21). The number of carbonyl (C=O) groups excluding carboxylic acids is 1. The minimum Gasteiger partial charge on any atom is -0.351 e. The number of benzene rings is 1. The Morgan fingerprint density at radius 1 is 1.29 bits per heavy atom. The number of carbonyl (C=O) groups is 1. The molecule has 1 aromatic heterocycles. The van der Waals surface area contributed by atoms with Gasteiger partial charge in [-0.3, -0.25) is 4.79 Å². The molecule has 110 valence electrons. The van der Waals surface area contributed by atoms with Gasteiger partial charge in [0.15, 0.2) is 0 Å². The van der Waals surface area contributed by atoms with E-state index in [1.807, 2.05) is 25.2 Å². The summed E-state index contributed by atoms with van der Waals surface area (Å²) in [6.07, 6.45) is 3.94. The van der Waals surface area contributed by atoms with Gasteiger partial charge in [0.1, 0.15) is 0 Å². The highest BCUT2D eigenvalue weighted by Crippen LogP contribution is 2.37. The number of anilines is 1. The van der Waals surface area contributed by atoms with Crippen molar-refractivity contribution in [3.05, 3.63) is 24.3 Å². The van der Waals surface area contributed by atoms with Crippen LogP contribution in [0.2, 0.25) is 0 Å². The molecule has 5 heteroatoms. The summed E-state index contributed by atoms with van der Waals surface area (Å²) < 4.78 is 2.09. The molecule has 1 aromatic carbocycles. The van der Waals surface area contributed by atoms with Crippen LogP contribution in [0.4, 0.5) is 5.95 Å². The van der Waals surface area contributed by atoms with Gasteiger partial charge in [-0.05, 0) is 37.3 Å². The first-order valence-electron chi connectivity index (χ1n) is 7.70. The van der Waals surface area contributed by atoms with Crippen LogP contribution in [0.15, 0.2) is 24.3 Å². The van der Waals surface area contributed by atoms with Crippen molar-refractivity contribution in [1.82, 2.24) is 14.9 Å². The fraction of sp³-hybridized carbons (Fsp3) is 0.500. The molecule has 1 amide bonds. The summed E-state index contributed by atoms with van der Waals surface area (Å²) in [4.78, 5) is 16.3. The molecule has 1 aliphatic heterocycles. The van der Waals surface area contributed by atoms with Crippen molar-refractivity contribution >= 4 is 22.9 Å². The first kappa shape index (κ1) is 12.7. The first-order chi connectivity index (χ1) is 10.2. The maximum absolute atomic E-state index is 11.7. The van der Waals surface area contributed by atoms with E-state index < -0.39 is 0 Å². The van der Waals surface area contributed by atoms with Gasteiger partial charge in [-0.2, -0.15) is 0 Å². The number of rotatable bonds is 3. The normalized spacial score (nSPS) is 25.9. The smallest absolute Gasteiger partial charge is 0.220 e. The minimum atomic E-state index is 0.190. The molecule has 1 saturated carbocycles. The van der Waals surface area contributed by atoms with Crippen molar-refractivity contribution in [3.63, 3.8) is 0 Å². The maximum Gasteiger partial charge on any atom is 0.220 e. The number of imidazole rings is 1. The van der Waals surface area contributed by atoms with Crippen molar-refractivity contribution in [2.24, 2.45) is 13.0 Å². The summed E-state index contributed by atoms with van der Waals surface area (Å²) >= 11 is 0. The summed E-state index contributed by atoms with van der Waals surface area (Å²) in [5, 5.41) is 6.73. The zero-order chi connectivity index (χ0) is 14.4. The van der Waals surface area contributed by atoms with Crippen LogP contribution in [-0.4, -0.2) is 27.5 Å². The van der Waals surface area contributed by atoms with Crippen LogP contribution < -0.4 is 10.6 Å². The lowest BCUT2D eigenvalue weighted by molar-refractivity contribution is -0.123. The number of aryl methyl sites for hydroxylation is 1. The average Bonchev–Trinajstić information content (AvgIpc) is 3.28. The molecule has 0 bridgehead atoms. The summed E-state index contributed by atoms with van der Waals surface area (Å²) in [6, 6.07) is 8.68. The van der Waals surface area contributed by atoms with Gasteiger partial charge in [0.05, 0.1) is 17.1 Å².